The largest absolute Gasteiger partial charge is 0.298 e. The van der Waals surface area contributed by atoms with Gasteiger partial charge in [0.15, 0.2) is 5.78 Å². The molecular formula is C11H15Cl2NO. The van der Waals surface area contributed by atoms with Crippen LogP contribution in [0.4, 0.5) is 0 Å². The number of benzene rings is 1. The van der Waals surface area contributed by atoms with E-state index in [4.69, 9.17) is 11.6 Å². The fraction of sp³-hybridized carbons (Fsp3) is 0.364. The lowest BCUT2D eigenvalue weighted by Crippen LogP contribution is -2.25. The Morgan fingerprint density at radius 3 is 2.40 bits per heavy atom. The van der Waals surface area contributed by atoms with Crippen molar-refractivity contribution in [2.75, 3.05) is 14.1 Å². The number of nitrogens with zero attached hydrogens (tertiary/aromatic N) is 1. The van der Waals surface area contributed by atoms with Crippen molar-refractivity contribution in [1.82, 2.24) is 4.90 Å². The van der Waals surface area contributed by atoms with Crippen molar-refractivity contribution >= 4 is 29.8 Å². The molecular weight excluding hydrogens is 233 g/mol. The molecule has 0 bridgehead atoms. The summed E-state index contributed by atoms with van der Waals surface area (Å²) in [5.41, 5.74) is 0.940. The van der Waals surface area contributed by atoms with Crippen LogP contribution in [-0.2, 0) is 4.79 Å². The van der Waals surface area contributed by atoms with Gasteiger partial charge < -0.3 is 0 Å². The Kier molecular flexibility index (Phi) is 5.88. The van der Waals surface area contributed by atoms with Crippen molar-refractivity contribution in [3.05, 3.63) is 34.9 Å². The van der Waals surface area contributed by atoms with Gasteiger partial charge in [0.05, 0.1) is 6.04 Å². The average Bonchev–Trinajstić information content (AvgIpc) is 2.02. The minimum Gasteiger partial charge on any atom is -0.298 e. The van der Waals surface area contributed by atoms with Gasteiger partial charge in [-0.25, -0.2) is 0 Å². The number of ketones is 1. The Labute approximate surface area is 102 Å². The minimum atomic E-state index is -0.200. The van der Waals surface area contributed by atoms with Crippen LogP contribution in [0.2, 0.25) is 5.02 Å². The van der Waals surface area contributed by atoms with Gasteiger partial charge in [-0.1, -0.05) is 23.7 Å². The Bertz CT molecular complexity index is 339. The number of halogens is 2. The predicted octanol–water partition coefficient (Wildman–Crippen LogP) is 2.95. The molecule has 0 fully saturated rings. The average molecular weight is 248 g/mol. The van der Waals surface area contributed by atoms with Crippen molar-refractivity contribution in [1.29, 1.82) is 0 Å². The van der Waals surface area contributed by atoms with E-state index in [0.29, 0.717) is 5.02 Å². The Hall–Kier alpha value is -0.570. The van der Waals surface area contributed by atoms with Crippen molar-refractivity contribution in [2.24, 2.45) is 0 Å². The number of rotatable bonds is 3. The second kappa shape index (κ2) is 6.11. The minimum absolute atomic E-state index is 0. The van der Waals surface area contributed by atoms with E-state index in [-0.39, 0.29) is 24.2 Å². The summed E-state index contributed by atoms with van der Waals surface area (Å²) in [6, 6.07) is 7.20. The molecule has 0 saturated heterocycles. The zero-order valence-corrected chi connectivity index (χ0v) is 10.6. The number of hydrogen-bond donors (Lipinski definition) is 0. The van der Waals surface area contributed by atoms with E-state index >= 15 is 0 Å². The highest BCUT2D eigenvalue weighted by atomic mass is 35.5. The Balaban J connectivity index is 0.00000196. The van der Waals surface area contributed by atoms with Gasteiger partial charge in [-0.15, -0.1) is 12.4 Å². The van der Waals surface area contributed by atoms with Gasteiger partial charge in [0, 0.05) is 5.02 Å². The van der Waals surface area contributed by atoms with Crippen LogP contribution in [-0.4, -0.2) is 24.8 Å². The standard InChI is InChI=1S/C11H14ClNO.ClH/c1-8(14)11(13(2)3)9-5-4-6-10(12)7-9;/h4-7,11H,1-3H3;1H. The van der Waals surface area contributed by atoms with E-state index in [2.05, 4.69) is 0 Å². The van der Waals surface area contributed by atoms with Gasteiger partial charge in [0.2, 0.25) is 0 Å². The second-order valence-electron chi connectivity index (χ2n) is 3.53. The van der Waals surface area contributed by atoms with Gasteiger partial charge in [0.1, 0.15) is 0 Å². The molecule has 0 amide bonds. The van der Waals surface area contributed by atoms with Crippen LogP contribution >= 0.6 is 24.0 Å². The fourth-order valence-electron chi connectivity index (χ4n) is 1.57. The Morgan fingerprint density at radius 1 is 1.40 bits per heavy atom. The lowest BCUT2D eigenvalue weighted by Gasteiger charge is -2.21. The van der Waals surface area contributed by atoms with Crippen LogP contribution in [0.25, 0.3) is 0 Å². The third kappa shape index (κ3) is 3.82. The number of likely N-dealkylation sites (N-methyl/N-ethyl adjacent to an activating group) is 1. The highest BCUT2D eigenvalue weighted by molar-refractivity contribution is 6.30. The number of Topliss-reactive ketones (excluding diaryl/α,β-unsaturated/α-hetero) is 1. The second-order valence-corrected chi connectivity index (χ2v) is 3.97. The zero-order valence-electron chi connectivity index (χ0n) is 9.03. The molecule has 0 aromatic heterocycles. The van der Waals surface area contributed by atoms with Crippen LogP contribution in [0, 0.1) is 0 Å². The maximum Gasteiger partial charge on any atom is 0.151 e. The molecule has 0 aliphatic rings. The van der Waals surface area contributed by atoms with Gasteiger partial charge in [-0.3, -0.25) is 9.69 Å². The van der Waals surface area contributed by atoms with Gasteiger partial charge in [-0.2, -0.15) is 0 Å². The molecule has 0 aliphatic carbocycles. The van der Waals surface area contributed by atoms with Gasteiger partial charge in [-0.05, 0) is 38.7 Å². The summed E-state index contributed by atoms with van der Waals surface area (Å²) in [5, 5.41) is 0.663. The Morgan fingerprint density at radius 2 is 2.00 bits per heavy atom. The zero-order chi connectivity index (χ0) is 10.7. The first kappa shape index (κ1) is 14.4. The van der Waals surface area contributed by atoms with Gasteiger partial charge in [0.25, 0.3) is 0 Å². The first-order valence-corrected chi connectivity index (χ1v) is 4.82. The summed E-state index contributed by atoms with van der Waals surface area (Å²) in [6.45, 7) is 1.59. The normalized spacial score (nSPS) is 12.1. The van der Waals surface area contributed by atoms with Crippen LogP contribution < -0.4 is 0 Å². The summed E-state index contributed by atoms with van der Waals surface area (Å²) < 4.78 is 0. The summed E-state index contributed by atoms with van der Waals surface area (Å²) in [4.78, 5) is 13.3. The lowest BCUT2D eigenvalue weighted by molar-refractivity contribution is -0.121. The highest BCUT2D eigenvalue weighted by Crippen LogP contribution is 2.21. The molecule has 1 aromatic rings. The third-order valence-corrected chi connectivity index (χ3v) is 2.30. The molecule has 0 spiro atoms. The van der Waals surface area contributed by atoms with E-state index in [1.807, 2.05) is 37.2 Å². The van der Waals surface area contributed by atoms with Crippen molar-refractivity contribution < 1.29 is 4.79 Å². The third-order valence-electron chi connectivity index (χ3n) is 2.07. The molecule has 0 radical (unpaired) electrons. The number of carbonyl (C=O) groups excluding carboxylic acids is 1. The van der Waals surface area contributed by atoms with Crippen LogP contribution in [0.3, 0.4) is 0 Å². The molecule has 15 heavy (non-hydrogen) atoms. The maximum absolute atomic E-state index is 11.4. The molecule has 1 atom stereocenters. The lowest BCUT2D eigenvalue weighted by atomic mass is 10.0. The first-order valence-electron chi connectivity index (χ1n) is 4.44. The maximum atomic E-state index is 11.4. The first-order chi connectivity index (χ1) is 6.52. The highest BCUT2D eigenvalue weighted by Gasteiger charge is 2.18. The number of carbonyl (C=O) groups is 1. The van der Waals surface area contributed by atoms with E-state index < -0.39 is 0 Å². The fourth-order valence-corrected chi connectivity index (χ4v) is 1.77. The molecule has 0 aliphatic heterocycles. The quantitative estimate of drug-likeness (QED) is 0.819. The monoisotopic (exact) mass is 247 g/mol. The van der Waals surface area contributed by atoms with E-state index in [0.717, 1.165) is 5.56 Å². The van der Waals surface area contributed by atoms with Crippen molar-refractivity contribution in [2.45, 2.75) is 13.0 Å². The predicted molar refractivity (Wildman–Crippen MR) is 65.8 cm³/mol. The van der Waals surface area contributed by atoms with E-state index in [9.17, 15) is 4.79 Å². The smallest absolute Gasteiger partial charge is 0.151 e. The molecule has 0 heterocycles. The number of hydrogen-bond acceptors (Lipinski definition) is 2. The van der Waals surface area contributed by atoms with E-state index in [1.54, 1.807) is 13.0 Å². The summed E-state index contributed by atoms with van der Waals surface area (Å²) in [7, 11) is 3.76. The SMILES string of the molecule is CC(=O)C(c1cccc(Cl)c1)N(C)C.Cl. The van der Waals surface area contributed by atoms with Crippen LogP contribution in [0.5, 0.6) is 0 Å². The topological polar surface area (TPSA) is 20.3 Å². The summed E-state index contributed by atoms with van der Waals surface area (Å²) >= 11 is 5.87. The van der Waals surface area contributed by atoms with E-state index in [1.165, 1.54) is 0 Å². The summed E-state index contributed by atoms with van der Waals surface area (Å²) in [6.07, 6.45) is 0. The molecule has 0 N–H and O–H groups in total. The van der Waals surface area contributed by atoms with Crippen molar-refractivity contribution in [3.63, 3.8) is 0 Å². The molecule has 4 heteroatoms. The molecule has 1 aromatic carbocycles. The van der Waals surface area contributed by atoms with Crippen molar-refractivity contribution in [3.8, 4) is 0 Å². The molecule has 2 nitrogen and oxygen atoms in total. The molecule has 1 unspecified atom stereocenters. The molecule has 84 valence electrons. The summed E-state index contributed by atoms with van der Waals surface area (Å²) in [5.74, 6) is 0.122. The van der Waals surface area contributed by atoms with Gasteiger partial charge >= 0.3 is 0 Å². The van der Waals surface area contributed by atoms with Crippen LogP contribution in [0.1, 0.15) is 18.5 Å². The van der Waals surface area contributed by atoms with Crippen LogP contribution in [0.15, 0.2) is 24.3 Å². The molecule has 0 saturated carbocycles. The molecule has 1 rings (SSSR count).